The molecule has 5 nitrogen and oxygen atoms in total. The fraction of sp³-hybridized carbons (Fsp3) is 0.207. The minimum atomic E-state index is -0.0174. The zero-order chi connectivity index (χ0) is 24.2. The molecular formula is C29H28N4OS. The average Bonchev–Trinajstić information content (AvgIpc) is 3.56. The fourth-order valence-electron chi connectivity index (χ4n) is 4.23. The molecule has 5 rings (SSSR count). The molecule has 0 spiro atoms. The van der Waals surface area contributed by atoms with E-state index in [0.29, 0.717) is 12.1 Å². The summed E-state index contributed by atoms with van der Waals surface area (Å²) in [6.07, 6.45) is 7.19. The summed E-state index contributed by atoms with van der Waals surface area (Å²) >= 11 is 1.60. The van der Waals surface area contributed by atoms with Gasteiger partial charge in [0.15, 0.2) is 5.13 Å². The van der Waals surface area contributed by atoms with Gasteiger partial charge in [0.05, 0.1) is 16.5 Å². The Balaban J connectivity index is 1.41. The summed E-state index contributed by atoms with van der Waals surface area (Å²) in [5.41, 5.74) is 6.42. The number of thiazole rings is 1. The number of hydrogen-bond acceptors (Lipinski definition) is 4. The van der Waals surface area contributed by atoms with E-state index >= 15 is 0 Å². The minimum absolute atomic E-state index is 0.0174. The van der Waals surface area contributed by atoms with Crippen LogP contribution in [0.1, 0.15) is 39.0 Å². The van der Waals surface area contributed by atoms with Crippen molar-refractivity contribution >= 4 is 32.6 Å². The first-order valence-corrected chi connectivity index (χ1v) is 12.7. The smallest absolute Gasteiger partial charge is 0.260 e. The topological polar surface area (TPSA) is 51.0 Å². The van der Waals surface area contributed by atoms with Crippen LogP contribution in [0.3, 0.4) is 0 Å². The van der Waals surface area contributed by atoms with Crippen molar-refractivity contribution in [1.82, 2.24) is 14.5 Å². The number of carbonyl (C=O) groups excluding carboxylic acids is 1. The number of carbonyl (C=O) groups is 1. The lowest BCUT2D eigenvalue weighted by atomic mass is 10.0. The molecule has 0 N–H and O–H groups in total. The highest BCUT2D eigenvalue weighted by Gasteiger charge is 2.22. The second-order valence-corrected chi connectivity index (χ2v) is 9.82. The zero-order valence-corrected chi connectivity index (χ0v) is 20.8. The number of amides is 1. The number of aryl methyl sites for hydroxylation is 3. The Bertz CT molecular complexity index is 1380. The lowest BCUT2D eigenvalue weighted by molar-refractivity contribution is 0.0986. The van der Waals surface area contributed by atoms with Crippen LogP contribution in [-0.2, 0) is 13.0 Å². The van der Waals surface area contributed by atoms with Gasteiger partial charge in [-0.2, -0.15) is 0 Å². The van der Waals surface area contributed by atoms with Gasteiger partial charge in [-0.25, -0.2) is 9.97 Å². The van der Waals surface area contributed by atoms with E-state index in [-0.39, 0.29) is 5.91 Å². The maximum absolute atomic E-state index is 13.7. The standard InChI is InChI=1S/C29H28N4OS/c1-21-9-10-22(2)27-26(21)31-29(35-27)33(17-6-16-32-18-15-30-20-32)28(34)25-13-11-24(12-14-25)19-23-7-4-3-5-8-23/h3-5,7-15,18,20H,6,16-17,19H2,1-2H3. The van der Waals surface area contributed by atoms with Crippen LogP contribution in [0.5, 0.6) is 0 Å². The Morgan fingerprint density at radius 3 is 2.40 bits per heavy atom. The maximum Gasteiger partial charge on any atom is 0.260 e. The lowest BCUT2D eigenvalue weighted by Crippen LogP contribution is -2.32. The second kappa shape index (κ2) is 10.2. The van der Waals surface area contributed by atoms with E-state index in [2.05, 4.69) is 67.4 Å². The molecule has 0 saturated heterocycles. The molecule has 0 saturated carbocycles. The van der Waals surface area contributed by atoms with Crippen LogP contribution >= 0.6 is 11.3 Å². The van der Waals surface area contributed by atoms with Crippen molar-refractivity contribution in [2.75, 3.05) is 11.4 Å². The molecule has 3 aromatic carbocycles. The first-order chi connectivity index (χ1) is 17.1. The van der Waals surface area contributed by atoms with Gasteiger partial charge in [0.25, 0.3) is 5.91 Å². The van der Waals surface area contributed by atoms with Gasteiger partial charge >= 0.3 is 0 Å². The van der Waals surface area contributed by atoms with E-state index < -0.39 is 0 Å². The van der Waals surface area contributed by atoms with Crippen molar-refractivity contribution in [2.45, 2.75) is 33.2 Å². The van der Waals surface area contributed by atoms with Crippen molar-refractivity contribution in [2.24, 2.45) is 0 Å². The molecule has 0 atom stereocenters. The number of rotatable bonds is 8. The second-order valence-electron chi connectivity index (χ2n) is 8.84. The summed E-state index contributed by atoms with van der Waals surface area (Å²) in [6.45, 7) is 5.55. The Labute approximate surface area is 209 Å². The number of imidazole rings is 1. The summed E-state index contributed by atoms with van der Waals surface area (Å²) in [4.78, 5) is 24.6. The molecule has 176 valence electrons. The number of hydrogen-bond donors (Lipinski definition) is 0. The van der Waals surface area contributed by atoms with Gasteiger partial charge in [0, 0.05) is 31.0 Å². The van der Waals surface area contributed by atoms with E-state index in [1.807, 2.05) is 40.2 Å². The Morgan fingerprint density at radius 1 is 0.943 bits per heavy atom. The third kappa shape index (κ3) is 5.17. The summed E-state index contributed by atoms with van der Waals surface area (Å²) in [7, 11) is 0. The molecule has 1 amide bonds. The Kier molecular flexibility index (Phi) is 6.73. The highest BCUT2D eigenvalue weighted by molar-refractivity contribution is 7.22. The van der Waals surface area contributed by atoms with E-state index in [9.17, 15) is 4.79 Å². The van der Waals surface area contributed by atoms with Crippen LogP contribution in [-0.4, -0.2) is 27.0 Å². The quantitative estimate of drug-likeness (QED) is 0.257. The van der Waals surface area contributed by atoms with Gasteiger partial charge in [0.1, 0.15) is 0 Å². The summed E-state index contributed by atoms with van der Waals surface area (Å²) in [6, 6.07) is 22.6. The van der Waals surface area contributed by atoms with Crippen molar-refractivity contribution in [3.63, 3.8) is 0 Å². The van der Waals surface area contributed by atoms with Crippen LogP contribution in [0.15, 0.2) is 85.5 Å². The van der Waals surface area contributed by atoms with Gasteiger partial charge in [-0.15, -0.1) is 0 Å². The third-order valence-corrected chi connectivity index (χ3v) is 7.43. The Hall–Kier alpha value is -3.77. The first kappa shape index (κ1) is 23.0. The SMILES string of the molecule is Cc1ccc(C)c2sc(N(CCCn3ccnc3)C(=O)c3ccc(Cc4ccccc4)cc3)nc12. The first-order valence-electron chi connectivity index (χ1n) is 11.9. The zero-order valence-electron chi connectivity index (χ0n) is 20.0. The molecule has 0 fully saturated rings. The molecule has 2 heterocycles. The number of benzene rings is 3. The van der Waals surface area contributed by atoms with Crippen LogP contribution in [0, 0.1) is 13.8 Å². The highest BCUT2D eigenvalue weighted by atomic mass is 32.1. The number of nitrogens with zero attached hydrogens (tertiary/aromatic N) is 4. The van der Waals surface area contributed by atoms with E-state index in [4.69, 9.17) is 4.98 Å². The normalized spacial score (nSPS) is 11.1. The molecule has 0 unspecified atom stereocenters. The van der Waals surface area contributed by atoms with Gasteiger partial charge in [0.2, 0.25) is 0 Å². The maximum atomic E-state index is 13.7. The van der Waals surface area contributed by atoms with Crippen LogP contribution in [0.2, 0.25) is 0 Å². The van der Waals surface area contributed by atoms with E-state index in [1.165, 1.54) is 16.7 Å². The van der Waals surface area contributed by atoms with Gasteiger partial charge in [-0.05, 0) is 61.1 Å². The molecule has 0 aliphatic heterocycles. The molecule has 2 aromatic heterocycles. The summed E-state index contributed by atoms with van der Waals surface area (Å²) in [5, 5.41) is 0.751. The summed E-state index contributed by atoms with van der Waals surface area (Å²) < 4.78 is 3.18. The minimum Gasteiger partial charge on any atom is -0.337 e. The van der Waals surface area contributed by atoms with Gasteiger partial charge in [-0.3, -0.25) is 9.69 Å². The van der Waals surface area contributed by atoms with Crippen molar-refractivity contribution in [1.29, 1.82) is 0 Å². The summed E-state index contributed by atoms with van der Waals surface area (Å²) in [5.74, 6) is -0.0174. The van der Waals surface area contributed by atoms with Crippen LogP contribution < -0.4 is 4.90 Å². The molecule has 6 heteroatoms. The number of fused-ring (bicyclic) bond motifs is 1. The molecule has 0 aliphatic rings. The van der Waals surface area contributed by atoms with Crippen LogP contribution in [0.25, 0.3) is 10.2 Å². The fourth-order valence-corrected chi connectivity index (χ4v) is 5.37. The lowest BCUT2D eigenvalue weighted by Gasteiger charge is -2.20. The van der Waals surface area contributed by atoms with E-state index in [0.717, 1.165) is 40.3 Å². The molecule has 0 radical (unpaired) electrons. The molecule has 0 bridgehead atoms. The molecule has 5 aromatic rings. The third-order valence-electron chi connectivity index (χ3n) is 6.22. The molecule has 35 heavy (non-hydrogen) atoms. The number of anilines is 1. The number of aromatic nitrogens is 3. The average molecular weight is 481 g/mol. The monoisotopic (exact) mass is 480 g/mol. The molecular weight excluding hydrogens is 452 g/mol. The highest BCUT2D eigenvalue weighted by Crippen LogP contribution is 2.34. The Morgan fingerprint density at radius 2 is 1.69 bits per heavy atom. The van der Waals surface area contributed by atoms with Crippen LogP contribution in [0.4, 0.5) is 5.13 Å². The van der Waals surface area contributed by atoms with E-state index in [1.54, 1.807) is 17.5 Å². The predicted molar refractivity (Wildman–Crippen MR) is 143 cm³/mol. The van der Waals surface area contributed by atoms with Crippen molar-refractivity contribution in [3.05, 3.63) is 113 Å². The van der Waals surface area contributed by atoms with Gasteiger partial charge < -0.3 is 4.57 Å². The van der Waals surface area contributed by atoms with Crippen molar-refractivity contribution in [3.8, 4) is 0 Å². The molecule has 0 aliphatic carbocycles. The predicted octanol–water partition coefficient (Wildman–Crippen LogP) is 6.44. The van der Waals surface area contributed by atoms with Gasteiger partial charge in [-0.1, -0.05) is 65.9 Å². The largest absolute Gasteiger partial charge is 0.337 e. The van der Waals surface area contributed by atoms with Crippen molar-refractivity contribution < 1.29 is 4.79 Å².